The Kier molecular flexibility index (Phi) is 7.13. The first-order valence-corrected chi connectivity index (χ1v) is 10.1. The maximum absolute atomic E-state index is 13.0. The molecule has 4 nitrogen and oxygen atoms in total. The molecule has 0 aromatic heterocycles. The van der Waals surface area contributed by atoms with Crippen LogP contribution in [0.3, 0.4) is 0 Å². The predicted octanol–water partition coefficient (Wildman–Crippen LogP) is 4.79. The van der Waals surface area contributed by atoms with Crippen LogP contribution in [0.5, 0.6) is 0 Å². The Morgan fingerprint density at radius 3 is 2.23 bits per heavy atom. The number of halogens is 3. The second kappa shape index (κ2) is 9.78. The summed E-state index contributed by atoms with van der Waals surface area (Å²) in [5, 5.41) is 5.61. The Labute approximate surface area is 173 Å². The molecule has 1 fully saturated rings. The van der Waals surface area contributed by atoms with E-state index in [1.165, 1.54) is 0 Å². The lowest BCUT2D eigenvalue weighted by atomic mass is 9.85. The molecule has 0 heterocycles. The molecule has 0 saturated heterocycles. The molecule has 1 aliphatic rings. The van der Waals surface area contributed by atoms with E-state index < -0.39 is 24.2 Å². The van der Waals surface area contributed by atoms with Crippen LogP contribution in [0.15, 0.2) is 60.7 Å². The van der Waals surface area contributed by atoms with E-state index in [-0.39, 0.29) is 31.1 Å². The van der Waals surface area contributed by atoms with Crippen LogP contribution in [0, 0.1) is 5.92 Å². The van der Waals surface area contributed by atoms with Crippen LogP contribution >= 0.6 is 0 Å². The van der Waals surface area contributed by atoms with Gasteiger partial charge >= 0.3 is 6.18 Å². The summed E-state index contributed by atoms with van der Waals surface area (Å²) < 4.78 is 39.1. The molecule has 0 spiro atoms. The van der Waals surface area contributed by atoms with E-state index in [0.717, 1.165) is 5.56 Å². The average molecular weight is 418 g/mol. The molecule has 2 N–H and O–H groups in total. The van der Waals surface area contributed by atoms with Crippen molar-refractivity contribution in [2.45, 2.75) is 50.4 Å². The van der Waals surface area contributed by atoms with Gasteiger partial charge < -0.3 is 10.6 Å². The zero-order valence-corrected chi connectivity index (χ0v) is 16.5. The third kappa shape index (κ3) is 6.08. The number of hydrogen-bond acceptors (Lipinski definition) is 2. The van der Waals surface area contributed by atoms with Gasteiger partial charge in [0.25, 0.3) is 5.91 Å². The van der Waals surface area contributed by atoms with Gasteiger partial charge in [-0.05, 0) is 37.0 Å². The van der Waals surface area contributed by atoms with E-state index >= 15 is 0 Å². The molecule has 2 amide bonds. The lowest BCUT2D eigenvalue weighted by Crippen LogP contribution is -2.43. The summed E-state index contributed by atoms with van der Waals surface area (Å²) in [6.45, 7) is 0. The Balaban J connectivity index is 1.65. The quantitative estimate of drug-likeness (QED) is 0.709. The van der Waals surface area contributed by atoms with E-state index in [1.54, 1.807) is 30.3 Å². The summed E-state index contributed by atoms with van der Waals surface area (Å²) in [6, 6.07) is 16.6. The third-order valence-corrected chi connectivity index (χ3v) is 5.43. The zero-order valence-electron chi connectivity index (χ0n) is 16.5. The number of nitrogens with one attached hydrogen (secondary N) is 2. The van der Waals surface area contributed by atoms with Crippen molar-refractivity contribution in [3.05, 3.63) is 71.8 Å². The van der Waals surface area contributed by atoms with Crippen LogP contribution in [0.4, 0.5) is 13.2 Å². The average Bonchev–Trinajstić information content (AvgIpc) is 2.74. The summed E-state index contributed by atoms with van der Waals surface area (Å²) in [5.74, 6) is -2.06. The summed E-state index contributed by atoms with van der Waals surface area (Å²) >= 11 is 0. The molecule has 1 aliphatic carbocycles. The highest BCUT2D eigenvalue weighted by atomic mass is 19.4. The summed E-state index contributed by atoms with van der Waals surface area (Å²) in [4.78, 5) is 25.2. The molecular formula is C23H25F3N2O2. The predicted molar refractivity (Wildman–Crippen MR) is 108 cm³/mol. The largest absolute Gasteiger partial charge is 0.391 e. The molecule has 7 heteroatoms. The van der Waals surface area contributed by atoms with Gasteiger partial charge in [-0.1, -0.05) is 55.0 Å². The Bertz CT molecular complexity index is 841. The van der Waals surface area contributed by atoms with Crippen LogP contribution in [0.1, 0.15) is 54.1 Å². The van der Waals surface area contributed by atoms with Crippen LogP contribution in [0.2, 0.25) is 0 Å². The van der Waals surface area contributed by atoms with Crippen molar-refractivity contribution in [1.82, 2.24) is 10.6 Å². The van der Waals surface area contributed by atoms with Gasteiger partial charge in [0.1, 0.15) is 0 Å². The lowest BCUT2D eigenvalue weighted by molar-refractivity contribution is -0.184. The molecular weight excluding hydrogens is 393 g/mol. The first kappa shape index (κ1) is 21.9. The molecule has 0 bridgehead atoms. The Hall–Kier alpha value is -2.83. The van der Waals surface area contributed by atoms with E-state index in [2.05, 4.69) is 10.6 Å². The minimum atomic E-state index is -4.24. The van der Waals surface area contributed by atoms with E-state index in [0.29, 0.717) is 18.4 Å². The molecule has 30 heavy (non-hydrogen) atoms. The fourth-order valence-corrected chi connectivity index (χ4v) is 3.86. The van der Waals surface area contributed by atoms with Crippen molar-refractivity contribution in [3.63, 3.8) is 0 Å². The van der Waals surface area contributed by atoms with Crippen LogP contribution < -0.4 is 10.6 Å². The maximum atomic E-state index is 13.0. The van der Waals surface area contributed by atoms with Crippen LogP contribution in [0.25, 0.3) is 0 Å². The van der Waals surface area contributed by atoms with Gasteiger partial charge in [-0.25, -0.2) is 0 Å². The number of carbonyl (C=O) groups is 2. The second-order valence-corrected chi connectivity index (χ2v) is 7.68. The van der Waals surface area contributed by atoms with Gasteiger partial charge in [0.2, 0.25) is 5.91 Å². The van der Waals surface area contributed by atoms with Crippen molar-refractivity contribution in [3.8, 4) is 0 Å². The van der Waals surface area contributed by atoms with Crippen LogP contribution in [-0.2, 0) is 4.79 Å². The topological polar surface area (TPSA) is 58.2 Å². The van der Waals surface area contributed by atoms with Gasteiger partial charge in [-0.3, -0.25) is 9.59 Å². The number of amides is 2. The Morgan fingerprint density at radius 1 is 0.967 bits per heavy atom. The minimum Gasteiger partial charge on any atom is -0.353 e. The highest BCUT2D eigenvalue weighted by molar-refractivity contribution is 5.94. The molecule has 0 aliphatic heterocycles. The van der Waals surface area contributed by atoms with Crippen molar-refractivity contribution < 1.29 is 22.8 Å². The molecule has 2 aromatic carbocycles. The number of hydrogen-bond donors (Lipinski definition) is 2. The number of carbonyl (C=O) groups excluding carboxylic acids is 2. The summed E-state index contributed by atoms with van der Waals surface area (Å²) in [5.41, 5.74) is 1.23. The van der Waals surface area contributed by atoms with Gasteiger partial charge in [-0.2, -0.15) is 13.2 Å². The standard InChI is InChI=1S/C23H25F3N2O2/c24-23(25,26)18-12-7-13-19(14-18)27-21(29)15-20(16-8-3-1-4-9-16)28-22(30)17-10-5-2-6-11-17/h1-6,8-11,18-20H,7,12-15H2,(H,27,29)(H,28,30). The highest BCUT2D eigenvalue weighted by Gasteiger charge is 2.42. The fourth-order valence-electron chi connectivity index (χ4n) is 3.86. The number of alkyl halides is 3. The monoisotopic (exact) mass is 418 g/mol. The normalized spacial score (nSPS) is 20.2. The maximum Gasteiger partial charge on any atom is 0.391 e. The molecule has 160 valence electrons. The first-order chi connectivity index (χ1) is 14.3. The summed E-state index contributed by atoms with van der Waals surface area (Å²) in [6.07, 6.45) is -3.31. The molecule has 1 saturated carbocycles. The zero-order chi connectivity index (χ0) is 21.6. The van der Waals surface area contributed by atoms with Gasteiger partial charge in [0.15, 0.2) is 0 Å². The van der Waals surface area contributed by atoms with E-state index in [4.69, 9.17) is 0 Å². The molecule has 3 atom stereocenters. The molecule has 2 aromatic rings. The van der Waals surface area contributed by atoms with E-state index in [1.807, 2.05) is 30.3 Å². The molecule has 3 unspecified atom stereocenters. The second-order valence-electron chi connectivity index (χ2n) is 7.68. The van der Waals surface area contributed by atoms with Crippen molar-refractivity contribution >= 4 is 11.8 Å². The Morgan fingerprint density at radius 2 is 1.60 bits per heavy atom. The first-order valence-electron chi connectivity index (χ1n) is 10.1. The van der Waals surface area contributed by atoms with Crippen molar-refractivity contribution in [1.29, 1.82) is 0 Å². The minimum absolute atomic E-state index is 0.0459. The molecule has 3 rings (SSSR count). The smallest absolute Gasteiger partial charge is 0.353 e. The molecule has 0 radical (unpaired) electrons. The summed E-state index contributed by atoms with van der Waals surface area (Å²) in [7, 11) is 0. The van der Waals surface area contributed by atoms with Crippen molar-refractivity contribution in [2.24, 2.45) is 5.92 Å². The van der Waals surface area contributed by atoms with Gasteiger partial charge in [0.05, 0.1) is 18.4 Å². The SMILES string of the molecule is O=C(CC(NC(=O)c1ccccc1)c1ccccc1)NC1CCCC(C(F)(F)F)C1. The highest BCUT2D eigenvalue weighted by Crippen LogP contribution is 2.37. The third-order valence-electron chi connectivity index (χ3n) is 5.43. The number of benzene rings is 2. The number of rotatable bonds is 6. The fraction of sp³-hybridized carbons (Fsp3) is 0.391. The van der Waals surface area contributed by atoms with Crippen LogP contribution in [-0.4, -0.2) is 24.0 Å². The van der Waals surface area contributed by atoms with Crippen molar-refractivity contribution in [2.75, 3.05) is 0 Å². The lowest BCUT2D eigenvalue weighted by Gasteiger charge is -2.31. The van der Waals surface area contributed by atoms with Gasteiger partial charge in [0, 0.05) is 11.6 Å². The van der Waals surface area contributed by atoms with E-state index in [9.17, 15) is 22.8 Å². The van der Waals surface area contributed by atoms with Gasteiger partial charge in [-0.15, -0.1) is 0 Å².